The second-order valence-electron chi connectivity index (χ2n) is 5.54. The van der Waals surface area contributed by atoms with Crippen LogP contribution in [0.5, 0.6) is 0 Å². The summed E-state index contributed by atoms with van der Waals surface area (Å²) in [7, 11) is 2.08. The number of primary amides is 2. The monoisotopic (exact) mass is 263 g/mol. The summed E-state index contributed by atoms with van der Waals surface area (Å²) in [6, 6.07) is 0. The molecule has 1 saturated heterocycles. The molecule has 1 unspecified atom stereocenters. The maximum Gasteiger partial charge on any atom is 0.248 e. The maximum atomic E-state index is 11.9. The molecule has 2 amide bonds. The van der Waals surface area contributed by atoms with Crippen LogP contribution in [-0.4, -0.2) is 36.9 Å². The van der Waals surface area contributed by atoms with Crippen LogP contribution in [0.3, 0.4) is 0 Å². The Labute approximate surface area is 113 Å². The summed E-state index contributed by atoms with van der Waals surface area (Å²) in [4.78, 5) is 25.3. The van der Waals surface area contributed by atoms with Crippen molar-refractivity contribution >= 4 is 11.8 Å². The zero-order valence-corrected chi connectivity index (χ0v) is 11.3. The number of rotatable bonds is 3. The van der Waals surface area contributed by atoms with E-state index in [0.29, 0.717) is 12.0 Å². The van der Waals surface area contributed by atoms with Gasteiger partial charge in [-0.05, 0) is 45.3 Å². The van der Waals surface area contributed by atoms with Crippen molar-refractivity contribution in [2.45, 2.75) is 19.3 Å². The van der Waals surface area contributed by atoms with E-state index in [-0.39, 0.29) is 11.8 Å². The van der Waals surface area contributed by atoms with Crippen LogP contribution in [0, 0.1) is 11.3 Å². The molecule has 2 aliphatic rings. The zero-order chi connectivity index (χ0) is 14.0. The van der Waals surface area contributed by atoms with Gasteiger partial charge in [0.05, 0.1) is 5.41 Å². The molecule has 0 radical (unpaired) electrons. The van der Waals surface area contributed by atoms with Crippen LogP contribution in [-0.2, 0) is 9.59 Å². The van der Waals surface area contributed by atoms with E-state index in [9.17, 15) is 9.59 Å². The number of hydrogen-bond acceptors (Lipinski definition) is 3. The Morgan fingerprint density at radius 1 is 1.32 bits per heavy atom. The Morgan fingerprint density at radius 2 is 1.95 bits per heavy atom. The fourth-order valence-electron chi connectivity index (χ4n) is 3.05. The van der Waals surface area contributed by atoms with E-state index in [1.807, 2.05) is 0 Å². The van der Waals surface area contributed by atoms with E-state index in [1.54, 1.807) is 18.2 Å². The molecule has 0 spiro atoms. The lowest BCUT2D eigenvalue weighted by atomic mass is 9.66. The number of carbonyl (C=O) groups excluding carboxylic acids is 2. The van der Waals surface area contributed by atoms with E-state index in [1.165, 1.54) is 0 Å². The Morgan fingerprint density at radius 3 is 2.37 bits per heavy atom. The Balaban J connectivity index is 2.20. The average Bonchev–Trinajstić information content (AvgIpc) is 2.39. The van der Waals surface area contributed by atoms with Crippen molar-refractivity contribution in [1.82, 2.24) is 4.90 Å². The molecule has 1 aliphatic carbocycles. The molecule has 0 aromatic rings. The third-order valence-electron chi connectivity index (χ3n) is 4.41. The first kappa shape index (κ1) is 13.8. The maximum absolute atomic E-state index is 11.9. The van der Waals surface area contributed by atoms with Crippen molar-refractivity contribution in [3.63, 3.8) is 0 Å². The lowest BCUT2D eigenvalue weighted by molar-refractivity contribution is -0.128. The van der Waals surface area contributed by atoms with E-state index in [2.05, 4.69) is 11.9 Å². The van der Waals surface area contributed by atoms with Gasteiger partial charge in [0.2, 0.25) is 11.8 Å². The van der Waals surface area contributed by atoms with Gasteiger partial charge in [0.15, 0.2) is 0 Å². The lowest BCUT2D eigenvalue weighted by Crippen LogP contribution is -2.46. The molecule has 0 aromatic carbocycles. The van der Waals surface area contributed by atoms with Crippen LogP contribution < -0.4 is 11.5 Å². The second kappa shape index (κ2) is 5.17. The van der Waals surface area contributed by atoms with Gasteiger partial charge in [-0.15, -0.1) is 0 Å². The Hall–Kier alpha value is -1.62. The van der Waals surface area contributed by atoms with Gasteiger partial charge in [0.25, 0.3) is 0 Å². The van der Waals surface area contributed by atoms with Gasteiger partial charge in [-0.25, -0.2) is 0 Å². The summed E-state index contributed by atoms with van der Waals surface area (Å²) in [6.07, 6.45) is 7.56. The largest absolute Gasteiger partial charge is 0.369 e. The molecule has 1 heterocycles. The normalized spacial score (nSPS) is 29.0. The van der Waals surface area contributed by atoms with Crippen molar-refractivity contribution in [2.75, 3.05) is 20.1 Å². The first-order valence-electron chi connectivity index (χ1n) is 6.63. The molecule has 1 aliphatic heterocycles. The fourth-order valence-corrected chi connectivity index (χ4v) is 3.05. The van der Waals surface area contributed by atoms with Crippen molar-refractivity contribution in [3.05, 3.63) is 23.8 Å². The van der Waals surface area contributed by atoms with Crippen LogP contribution >= 0.6 is 0 Å². The predicted octanol–water partition coefficient (Wildman–Crippen LogP) is 0.172. The molecule has 0 bridgehead atoms. The minimum Gasteiger partial charge on any atom is -0.369 e. The highest BCUT2D eigenvalue weighted by Gasteiger charge is 2.43. The highest BCUT2D eigenvalue weighted by molar-refractivity contribution is 5.96. The van der Waals surface area contributed by atoms with E-state index < -0.39 is 11.3 Å². The molecular weight excluding hydrogens is 242 g/mol. The number of amides is 2. The summed E-state index contributed by atoms with van der Waals surface area (Å²) < 4.78 is 0. The molecule has 19 heavy (non-hydrogen) atoms. The highest BCUT2D eigenvalue weighted by atomic mass is 16.1. The number of nitrogens with zero attached hydrogens (tertiary/aromatic N) is 1. The standard InChI is InChI=1S/C14H21N3O2/c1-17-8-4-11(5-9-17)14(13(16)19)6-2-10(3-7-14)12(15)18/h2-3,6,11H,4-5,7-9H2,1H3,(H2,15,18)(H2,16,19). The van der Waals surface area contributed by atoms with Crippen molar-refractivity contribution in [2.24, 2.45) is 22.8 Å². The number of likely N-dealkylation sites (tertiary alicyclic amines) is 1. The number of hydrogen-bond donors (Lipinski definition) is 2. The smallest absolute Gasteiger partial charge is 0.248 e. The SMILES string of the molecule is CN1CCC(C2(C(N)=O)C=CC(C(N)=O)=CC2)CC1. The zero-order valence-electron chi connectivity index (χ0n) is 11.3. The van der Waals surface area contributed by atoms with Crippen LogP contribution in [0.2, 0.25) is 0 Å². The van der Waals surface area contributed by atoms with Crippen molar-refractivity contribution in [3.8, 4) is 0 Å². The third kappa shape index (κ3) is 2.56. The first-order chi connectivity index (χ1) is 8.95. The van der Waals surface area contributed by atoms with Crippen LogP contribution in [0.4, 0.5) is 0 Å². The predicted molar refractivity (Wildman–Crippen MR) is 72.9 cm³/mol. The van der Waals surface area contributed by atoms with Gasteiger partial charge >= 0.3 is 0 Å². The summed E-state index contributed by atoms with van der Waals surface area (Å²) in [5, 5.41) is 0. The molecular formula is C14H21N3O2. The van der Waals surface area contributed by atoms with Crippen molar-refractivity contribution < 1.29 is 9.59 Å². The number of allylic oxidation sites excluding steroid dienone is 1. The quantitative estimate of drug-likeness (QED) is 0.760. The van der Waals surface area contributed by atoms with Crippen molar-refractivity contribution in [1.29, 1.82) is 0 Å². The molecule has 1 atom stereocenters. The lowest BCUT2D eigenvalue weighted by Gasteiger charge is -2.41. The summed E-state index contributed by atoms with van der Waals surface area (Å²) in [6.45, 7) is 1.94. The average molecular weight is 263 g/mol. The van der Waals surface area contributed by atoms with Gasteiger partial charge < -0.3 is 16.4 Å². The molecule has 4 N–H and O–H groups in total. The highest BCUT2D eigenvalue weighted by Crippen LogP contribution is 2.42. The van der Waals surface area contributed by atoms with Crippen LogP contribution in [0.1, 0.15) is 19.3 Å². The Bertz CT molecular complexity index is 448. The molecule has 0 aromatic heterocycles. The van der Waals surface area contributed by atoms with E-state index >= 15 is 0 Å². The van der Waals surface area contributed by atoms with Gasteiger partial charge in [-0.3, -0.25) is 9.59 Å². The molecule has 5 heteroatoms. The van der Waals surface area contributed by atoms with E-state index in [0.717, 1.165) is 25.9 Å². The van der Waals surface area contributed by atoms with Gasteiger partial charge in [-0.2, -0.15) is 0 Å². The van der Waals surface area contributed by atoms with Gasteiger partial charge in [0.1, 0.15) is 0 Å². The topological polar surface area (TPSA) is 89.4 Å². The summed E-state index contributed by atoms with van der Waals surface area (Å²) >= 11 is 0. The molecule has 0 saturated carbocycles. The molecule has 104 valence electrons. The summed E-state index contributed by atoms with van der Waals surface area (Å²) in [5.41, 5.74) is 10.7. The van der Waals surface area contributed by atoms with Crippen LogP contribution in [0.15, 0.2) is 23.8 Å². The first-order valence-corrected chi connectivity index (χ1v) is 6.63. The number of piperidine rings is 1. The molecule has 2 rings (SSSR count). The minimum absolute atomic E-state index is 0.239. The van der Waals surface area contributed by atoms with Gasteiger partial charge in [0, 0.05) is 5.57 Å². The summed E-state index contributed by atoms with van der Waals surface area (Å²) in [5.74, 6) is -0.529. The van der Waals surface area contributed by atoms with Crippen LogP contribution in [0.25, 0.3) is 0 Å². The fraction of sp³-hybridized carbons (Fsp3) is 0.571. The Kier molecular flexibility index (Phi) is 3.75. The minimum atomic E-state index is -0.653. The molecule has 5 nitrogen and oxygen atoms in total. The number of carbonyl (C=O) groups is 2. The second-order valence-corrected chi connectivity index (χ2v) is 5.54. The number of nitrogens with two attached hydrogens (primary N) is 2. The third-order valence-corrected chi connectivity index (χ3v) is 4.41. The van der Waals surface area contributed by atoms with E-state index in [4.69, 9.17) is 11.5 Å². The van der Waals surface area contributed by atoms with Gasteiger partial charge in [-0.1, -0.05) is 18.2 Å². The molecule has 1 fully saturated rings.